The first-order chi connectivity index (χ1) is 8.24. The zero-order chi connectivity index (χ0) is 12.5. The van der Waals surface area contributed by atoms with Gasteiger partial charge in [0, 0.05) is 59.2 Å². The molecular weight excluding hydrogens is 216 g/mol. The van der Waals surface area contributed by atoms with Crippen molar-refractivity contribution in [2.45, 2.75) is 6.42 Å². The highest BCUT2D eigenvalue weighted by molar-refractivity contribution is 4.91. The molecule has 0 spiro atoms. The maximum Gasteiger partial charge on any atom is 0.109 e. The van der Waals surface area contributed by atoms with Gasteiger partial charge in [-0.25, -0.2) is 4.98 Å². The molecule has 0 aliphatic heterocycles. The number of hydrogen-bond donors (Lipinski definition) is 1. The van der Waals surface area contributed by atoms with E-state index in [0.717, 1.165) is 45.0 Å². The summed E-state index contributed by atoms with van der Waals surface area (Å²) in [6.45, 7) is 4.78. The Balaban J connectivity index is 2.05. The molecule has 1 aromatic rings. The van der Waals surface area contributed by atoms with Gasteiger partial charge in [-0.2, -0.15) is 0 Å². The second kappa shape index (κ2) is 8.22. The monoisotopic (exact) mass is 240 g/mol. The molecule has 0 aromatic carbocycles. The van der Waals surface area contributed by atoms with Crippen LogP contribution in [0.5, 0.6) is 0 Å². The molecule has 1 heterocycles. The number of methoxy groups -OCH3 is 1. The highest BCUT2D eigenvalue weighted by atomic mass is 16.5. The van der Waals surface area contributed by atoms with Gasteiger partial charge in [-0.3, -0.25) is 0 Å². The van der Waals surface area contributed by atoms with Crippen molar-refractivity contribution in [3.05, 3.63) is 18.2 Å². The minimum absolute atomic E-state index is 0.775. The largest absolute Gasteiger partial charge is 0.383 e. The van der Waals surface area contributed by atoms with E-state index >= 15 is 0 Å². The van der Waals surface area contributed by atoms with Gasteiger partial charge in [0.25, 0.3) is 0 Å². The summed E-state index contributed by atoms with van der Waals surface area (Å²) in [6, 6.07) is 0. The average Bonchev–Trinajstić information content (AvgIpc) is 2.72. The second-order valence-corrected chi connectivity index (χ2v) is 4.25. The molecule has 0 aliphatic carbocycles. The molecule has 5 heteroatoms. The first kappa shape index (κ1) is 14.2. The molecule has 98 valence electrons. The molecule has 1 aromatic heterocycles. The lowest BCUT2D eigenvalue weighted by Crippen LogP contribution is -2.32. The molecular formula is C12H24N4O. The van der Waals surface area contributed by atoms with E-state index in [4.69, 9.17) is 4.74 Å². The summed E-state index contributed by atoms with van der Waals surface area (Å²) in [6.07, 6.45) is 4.83. The van der Waals surface area contributed by atoms with Gasteiger partial charge in [-0.15, -0.1) is 0 Å². The van der Waals surface area contributed by atoms with Crippen molar-refractivity contribution in [1.82, 2.24) is 19.8 Å². The minimum Gasteiger partial charge on any atom is -0.383 e. The van der Waals surface area contributed by atoms with Crippen molar-refractivity contribution in [2.75, 3.05) is 46.9 Å². The summed E-state index contributed by atoms with van der Waals surface area (Å²) in [5, 5.41) is 3.33. The summed E-state index contributed by atoms with van der Waals surface area (Å²) >= 11 is 0. The van der Waals surface area contributed by atoms with Gasteiger partial charge in [0.1, 0.15) is 5.82 Å². The van der Waals surface area contributed by atoms with Crippen LogP contribution in [0.2, 0.25) is 0 Å². The van der Waals surface area contributed by atoms with E-state index in [2.05, 4.69) is 26.8 Å². The van der Waals surface area contributed by atoms with Crippen molar-refractivity contribution in [1.29, 1.82) is 0 Å². The van der Waals surface area contributed by atoms with E-state index in [1.54, 1.807) is 7.11 Å². The molecule has 0 saturated heterocycles. The van der Waals surface area contributed by atoms with Crippen LogP contribution in [0.3, 0.4) is 0 Å². The predicted octanol–water partition coefficient (Wildman–Crippen LogP) is 0.130. The van der Waals surface area contributed by atoms with E-state index in [-0.39, 0.29) is 0 Å². The Morgan fingerprint density at radius 2 is 2.24 bits per heavy atom. The third-order valence-corrected chi connectivity index (χ3v) is 2.79. The average molecular weight is 240 g/mol. The third kappa shape index (κ3) is 5.81. The number of aromatic nitrogens is 2. The van der Waals surface area contributed by atoms with Crippen molar-refractivity contribution < 1.29 is 4.74 Å². The number of hydrogen-bond acceptors (Lipinski definition) is 4. The van der Waals surface area contributed by atoms with E-state index in [1.807, 2.05) is 19.4 Å². The molecule has 0 saturated carbocycles. The number of imidazole rings is 1. The third-order valence-electron chi connectivity index (χ3n) is 2.79. The van der Waals surface area contributed by atoms with Crippen LogP contribution in [-0.4, -0.2) is 61.4 Å². The first-order valence-corrected chi connectivity index (χ1v) is 6.08. The zero-order valence-corrected chi connectivity index (χ0v) is 11.1. The zero-order valence-electron chi connectivity index (χ0n) is 11.1. The summed E-state index contributed by atoms with van der Waals surface area (Å²) in [4.78, 5) is 6.63. The van der Waals surface area contributed by atoms with Crippen molar-refractivity contribution >= 4 is 0 Å². The molecule has 0 aliphatic rings. The number of aryl methyl sites for hydroxylation is 1. The molecule has 1 rings (SSSR count). The normalized spacial score (nSPS) is 11.3. The predicted molar refractivity (Wildman–Crippen MR) is 69.2 cm³/mol. The van der Waals surface area contributed by atoms with Crippen molar-refractivity contribution in [3.63, 3.8) is 0 Å². The molecule has 0 amide bonds. The van der Waals surface area contributed by atoms with Gasteiger partial charge in [0.05, 0.1) is 6.61 Å². The number of likely N-dealkylation sites (N-methyl/N-ethyl adjacent to an activating group) is 1. The smallest absolute Gasteiger partial charge is 0.109 e. The highest BCUT2D eigenvalue weighted by Crippen LogP contribution is 1.96. The summed E-state index contributed by atoms with van der Waals surface area (Å²) < 4.78 is 7.05. The van der Waals surface area contributed by atoms with Crippen LogP contribution in [0.1, 0.15) is 5.82 Å². The quantitative estimate of drug-likeness (QED) is 0.623. The SMILES string of the molecule is COCCNCCN(C)CCc1nccn1C. The maximum atomic E-state index is 4.97. The van der Waals surface area contributed by atoms with E-state index < -0.39 is 0 Å². The number of nitrogens with zero attached hydrogens (tertiary/aromatic N) is 3. The Hall–Kier alpha value is -0.910. The fourth-order valence-electron chi connectivity index (χ4n) is 1.61. The van der Waals surface area contributed by atoms with Crippen LogP contribution >= 0.6 is 0 Å². The van der Waals surface area contributed by atoms with E-state index in [9.17, 15) is 0 Å². The van der Waals surface area contributed by atoms with Crippen LogP contribution in [-0.2, 0) is 18.2 Å². The van der Waals surface area contributed by atoms with E-state index in [1.165, 1.54) is 0 Å². The first-order valence-electron chi connectivity index (χ1n) is 6.08. The highest BCUT2D eigenvalue weighted by Gasteiger charge is 2.02. The van der Waals surface area contributed by atoms with Gasteiger partial charge >= 0.3 is 0 Å². The van der Waals surface area contributed by atoms with Crippen LogP contribution in [0.25, 0.3) is 0 Å². The lowest BCUT2D eigenvalue weighted by Gasteiger charge is -2.16. The maximum absolute atomic E-state index is 4.97. The topological polar surface area (TPSA) is 42.3 Å². The molecule has 0 radical (unpaired) electrons. The minimum atomic E-state index is 0.775. The van der Waals surface area contributed by atoms with E-state index in [0.29, 0.717) is 0 Å². The number of ether oxygens (including phenoxy) is 1. The van der Waals surface area contributed by atoms with Gasteiger partial charge in [0.15, 0.2) is 0 Å². The van der Waals surface area contributed by atoms with Crippen molar-refractivity contribution in [2.24, 2.45) is 7.05 Å². The van der Waals surface area contributed by atoms with Gasteiger partial charge < -0.3 is 19.5 Å². The standard InChI is InChI=1S/C12H24N4O/c1-15(9-5-13-7-11-17-3)8-4-12-14-6-10-16(12)2/h6,10,13H,4-5,7-9,11H2,1-3H3. The molecule has 0 bridgehead atoms. The summed E-state index contributed by atoms with van der Waals surface area (Å²) in [7, 11) is 5.90. The summed E-state index contributed by atoms with van der Waals surface area (Å²) in [5.41, 5.74) is 0. The van der Waals surface area contributed by atoms with Gasteiger partial charge in [0.2, 0.25) is 0 Å². The van der Waals surface area contributed by atoms with Crippen LogP contribution in [0.4, 0.5) is 0 Å². The van der Waals surface area contributed by atoms with Crippen molar-refractivity contribution in [3.8, 4) is 0 Å². The number of nitrogens with one attached hydrogen (secondary N) is 1. The fourth-order valence-corrected chi connectivity index (χ4v) is 1.61. The van der Waals surface area contributed by atoms with Crippen LogP contribution < -0.4 is 5.32 Å². The Kier molecular flexibility index (Phi) is 6.84. The molecule has 0 unspecified atom stereocenters. The lowest BCUT2D eigenvalue weighted by atomic mass is 10.3. The van der Waals surface area contributed by atoms with Gasteiger partial charge in [-0.05, 0) is 7.05 Å². The van der Waals surface area contributed by atoms with Gasteiger partial charge in [-0.1, -0.05) is 0 Å². The Morgan fingerprint density at radius 3 is 2.88 bits per heavy atom. The Morgan fingerprint density at radius 1 is 1.41 bits per heavy atom. The molecule has 17 heavy (non-hydrogen) atoms. The van der Waals surface area contributed by atoms with Crippen LogP contribution in [0.15, 0.2) is 12.4 Å². The molecule has 1 N–H and O–H groups in total. The molecule has 0 atom stereocenters. The molecule has 0 fully saturated rings. The summed E-state index contributed by atoms with van der Waals surface area (Å²) in [5.74, 6) is 1.14. The number of rotatable bonds is 9. The lowest BCUT2D eigenvalue weighted by molar-refractivity contribution is 0.198. The molecule has 5 nitrogen and oxygen atoms in total. The second-order valence-electron chi connectivity index (χ2n) is 4.25. The van der Waals surface area contributed by atoms with Crippen LogP contribution in [0, 0.1) is 0 Å². The Bertz CT molecular complexity index is 300. The Labute approximate surface area is 104 Å². The fraction of sp³-hybridized carbons (Fsp3) is 0.750.